The fourth-order valence-electron chi connectivity index (χ4n) is 1.41. The fraction of sp³-hybridized carbons (Fsp3) is 0.500. The van der Waals surface area contributed by atoms with Crippen molar-refractivity contribution >= 4 is 5.78 Å². The Morgan fingerprint density at radius 1 is 1.53 bits per heavy atom. The van der Waals surface area contributed by atoms with Crippen LogP contribution in [0.1, 0.15) is 26.0 Å². The number of rotatable bonds is 5. The molecule has 0 saturated carbocycles. The van der Waals surface area contributed by atoms with Crippen molar-refractivity contribution in [1.29, 1.82) is 0 Å². The average Bonchev–Trinajstić information content (AvgIpc) is 2.16. The van der Waals surface area contributed by atoms with Gasteiger partial charge < -0.3 is 4.74 Å². The summed E-state index contributed by atoms with van der Waals surface area (Å²) in [5, 5.41) is 0. The zero-order valence-corrected chi connectivity index (χ0v) is 9.49. The molecule has 0 fully saturated rings. The van der Waals surface area contributed by atoms with Crippen LogP contribution in [0.25, 0.3) is 0 Å². The molecule has 0 saturated heterocycles. The highest BCUT2D eigenvalue weighted by Gasteiger charge is 2.07. The van der Waals surface area contributed by atoms with E-state index in [1.54, 1.807) is 25.4 Å². The molecule has 3 heteroatoms. The van der Waals surface area contributed by atoms with Crippen molar-refractivity contribution in [3.05, 3.63) is 24.0 Å². The number of aromatic nitrogens is 1. The van der Waals surface area contributed by atoms with Gasteiger partial charge in [-0.05, 0) is 12.0 Å². The Hall–Kier alpha value is -1.38. The summed E-state index contributed by atoms with van der Waals surface area (Å²) in [6.07, 6.45) is 2.67. The summed E-state index contributed by atoms with van der Waals surface area (Å²) in [7, 11) is 1.61. The second-order valence-electron chi connectivity index (χ2n) is 4.00. The molecule has 0 radical (unpaired) electrons. The largest absolute Gasteiger partial charge is 0.497 e. The van der Waals surface area contributed by atoms with E-state index >= 15 is 0 Å². The van der Waals surface area contributed by atoms with Gasteiger partial charge in [-0.2, -0.15) is 0 Å². The Kier molecular flexibility index (Phi) is 4.28. The third-order valence-corrected chi connectivity index (χ3v) is 2.04. The minimum absolute atomic E-state index is 0.228. The summed E-state index contributed by atoms with van der Waals surface area (Å²) in [5.41, 5.74) is 0.778. The number of hydrogen-bond acceptors (Lipinski definition) is 3. The van der Waals surface area contributed by atoms with Gasteiger partial charge >= 0.3 is 0 Å². The molecule has 82 valence electrons. The number of carbonyl (C=O) groups is 1. The Balaban J connectivity index is 2.60. The highest BCUT2D eigenvalue weighted by molar-refractivity contribution is 5.80. The number of pyridine rings is 1. The first-order valence-electron chi connectivity index (χ1n) is 5.12. The van der Waals surface area contributed by atoms with E-state index in [0.717, 1.165) is 11.4 Å². The Labute approximate surface area is 90.5 Å². The molecule has 0 amide bonds. The zero-order valence-electron chi connectivity index (χ0n) is 9.49. The van der Waals surface area contributed by atoms with Crippen LogP contribution in [-0.2, 0) is 11.2 Å². The molecule has 1 aromatic heterocycles. The third kappa shape index (κ3) is 4.11. The lowest BCUT2D eigenvalue weighted by Crippen LogP contribution is -2.07. The van der Waals surface area contributed by atoms with Crippen LogP contribution >= 0.6 is 0 Å². The SMILES string of the molecule is COc1ccnc(CC(=O)CC(C)C)c1. The van der Waals surface area contributed by atoms with E-state index in [1.165, 1.54) is 0 Å². The standard InChI is InChI=1S/C12H17NO2/c1-9(2)6-11(14)7-10-8-12(15-3)4-5-13-10/h4-5,8-9H,6-7H2,1-3H3. The van der Waals surface area contributed by atoms with Crippen molar-refractivity contribution < 1.29 is 9.53 Å². The van der Waals surface area contributed by atoms with Crippen molar-refractivity contribution in [1.82, 2.24) is 4.98 Å². The van der Waals surface area contributed by atoms with Crippen LogP contribution < -0.4 is 4.74 Å². The van der Waals surface area contributed by atoms with Crippen LogP contribution in [0.4, 0.5) is 0 Å². The molecule has 0 aliphatic heterocycles. The molecule has 0 spiro atoms. The smallest absolute Gasteiger partial charge is 0.139 e. The summed E-state index contributed by atoms with van der Waals surface area (Å²) in [6.45, 7) is 4.08. The van der Waals surface area contributed by atoms with E-state index in [2.05, 4.69) is 4.98 Å². The molecule has 15 heavy (non-hydrogen) atoms. The van der Waals surface area contributed by atoms with Gasteiger partial charge in [0.2, 0.25) is 0 Å². The van der Waals surface area contributed by atoms with Crippen molar-refractivity contribution in [2.24, 2.45) is 5.92 Å². The fourth-order valence-corrected chi connectivity index (χ4v) is 1.41. The van der Waals surface area contributed by atoms with Gasteiger partial charge in [-0.1, -0.05) is 13.8 Å². The lowest BCUT2D eigenvalue weighted by Gasteiger charge is -2.04. The van der Waals surface area contributed by atoms with E-state index in [0.29, 0.717) is 18.8 Å². The molecule has 3 nitrogen and oxygen atoms in total. The maximum Gasteiger partial charge on any atom is 0.139 e. The van der Waals surface area contributed by atoms with Crippen LogP contribution in [0, 0.1) is 5.92 Å². The molecule has 0 aliphatic carbocycles. The van der Waals surface area contributed by atoms with Gasteiger partial charge in [-0.25, -0.2) is 0 Å². The minimum atomic E-state index is 0.228. The van der Waals surface area contributed by atoms with Crippen LogP contribution in [0.5, 0.6) is 5.75 Å². The highest BCUT2D eigenvalue weighted by atomic mass is 16.5. The second-order valence-corrected chi connectivity index (χ2v) is 4.00. The summed E-state index contributed by atoms with van der Waals surface area (Å²) in [4.78, 5) is 15.7. The van der Waals surface area contributed by atoms with Gasteiger partial charge in [0.05, 0.1) is 12.8 Å². The number of hydrogen-bond donors (Lipinski definition) is 0. The summed E-state index contributed by atoms with van der Waals surface area (Å²) in [5.74, 6) is 1.38. The maximum absolute atomic E-state index is 11.5. The van der Waals surface area contributed by atoms with Gasteiger partial charge in [-0.15, -0.1) is 0 Å². The summed E-state index contributed by atoms with van der Waals surface area (Å²) >= 11 is 0. The first-order chi connectivity index (χ1) is 7.11. The van der Waals surface area contributed by atoms with Gasteiger partial charge in [0.1, 0.15) is 11.5 Å². The van der Waals surface area contributed by atoms with E-state index < -0.39 is 0 Å². The van der Waals surface area contributed by atoms with Gasteiger partial charge in [0.25, 0.3) is 0 Å². The first-order valence-corrected chi connectivity index (χ1v) is 5.12. The van der Waals surface area contributed by atoms with Crippen molar-refractivity contribution in [3.8, 4) is 5.75 Å². The van der Waals surface area contributed by atoms with Crippen LogP contribution in [0.3, 0.4) is 0 Å². The van der Waals surface area contributed by atoms with Gasteiger partial charge in [0, 0.05) is 25.1 Å². The van der Waals surface area contributed by atoms with E-state index in [1.807, 2.05) is 13.8 Å². The number of carbonyl (C=O) groups excluding carboxylic acids is 1. The summed E-state index contributed by atoms with van der Waals surface area (Å²) < 4.78 is 5.07. The molecule has 0 atom stereocenters. The second kappa shape index (κ2) is 5.49. The maximum atomic E-state index is 11.5. The highest BCUT2D eigenvalue weighted by Crippen LogP contribution is 2.12. The molecule has 0 unspecified atom stereocenters. The molecular formula is C12H17NO2. The Morgan fingerprint density at radius 3 is 2.87 bits per heavy atom. The lowest BCUT2D eigenvalue weighted by atomic mass is 10.0. The zero-order chi connectivity index (χ0) is 11.3. The monoisotopic (exact) mass is 207 g/mol. The number of Topliss-reactive ketones (excluding diaryl/α,β-unsaturated/α-hetero) is 1. The van der Waals surface area contributed by atoms with E-state index in [4.69, 9.17) is 4.74 Å². The lowest BCUT2D eigenvalue weighted by molar-refractivity contribution is -0.119. The molecule has 0 aromatic carbocycles. The van der Waals surface area contributed by atoms with E-state index in [9.17, 15) is 4.79 Å². The first kappa shape index (κ1) is 11.7. The third-order valence-electron chi connectivity index (χ3n) is 2.04. The number of nitrogens with zero attached hydrogens (tertiary/aromatic N) is 1. The predicted molar refractivity (Wildman–Crippen MR) is 59.0 cm³/mol. The summed E-state index contributed by atoms with van der Waals surface area (Å²) in [6, 6.07) is 3.58. The minimum Gasteiger partial charge on any atom is -0.497 e. The normalized spacial score (nSPS) is 10.4. The van der Waals surface area contributed by atoms with Crippen LogP contribution in [-0.4, -0.2) is 17.9 Å². The number of ketones is 1. The molecule has 0 N–H and O–H groups in total. The molecule has 1 rings (SSSR count). The van der Waals surface area contributed by atoms with Gasteiger partial charge in [0.15, 0.2) is 0 Å². The van der Waals surface area contributed by atoms with Crippen LogP contribution in [0.2, 0.25) is 0 Å². The Bertz CT molecular complexity index is 334. The molecule has 1 aromatic rings. The molecule has 0 bridgehead atoms. The predicted octanol–water partition coefficient (Wildman–Crippen LogP) is 2.25. The number of methoxy groups -OCH3 is 1. The molecular weight excluding hydrogens is 190 g/mol. The Morgan fingerprint density at radius 2 is 2.27 bits per heavy atom. The molecule has 0 aliphatic rings. The quantitative estimate of drug-likeness (QED) is 0.743. The topological polar surface area (TPSA) is 39.2 Å². The van der Waals surface area contributed by atoms with E-state index in [-0.39, 0.29) is 5.78 Å². The average molecular weight is 207 g/mol. The number of ether oxygens (including phenoxy) is 1. The van der Waals surface area contributed by atoms with Crippen molar-refractivity contribution in [2.45, 2.75) is 26.7 Å². The van der Waals surface area contributed by atoms with Crippen molar-refractivity contribution in [2.75, 3.05) is 7.11 Å². The molecule has 1 heterocycles. The van der Waals surface area contributed by atoms with Crippen molar-refractivity contribution in [3.63, 3.8) is 0 Å². The van der Waals surface area contributed by atoms with Crippen LogP contribution in [0.15, 0.2) is 18.3 Å². The van der Waals surface area contributed by atoms with Gasteiger partial charge in [-0.3, -0.25) is 9.78 Å².